The molecule has 0 aliphatic carbocycles. The van der Waals surface area contributed by atoms with E-state index in [-0.39, 0.29) is 5.91 Å². The van der Waals surface area contributed by atoms with E-state index in [9.17, 15) is 4.79 Å². The van der Waals surface area contributed by atoms with Gasteiger partial charge < -0.3 is 10.6 Å². The molecular formula is C20H27N3O. The van der Waals surface area contributed by atoms with Crippen LogP contribution in [-0.2, 0) is 0 Å². The fourth-order valence-electron chi connectivity index (χ4n) is 2.43. The second-order valence-corrected chi connectivity index (χ2v) is 6.74. The first-order valence-electron chi connectivity index (χ1n) is 8.57. The lowest BCUT2D eigenvalue weighted by Gasteiger charge is -2.13. The zero-order valence-electron chi connectivity index (χ0n) is 15.0. The number of carbonyl (C=O) groups excluding carboxylic acids is 1. The van der Waals surface area contributed by atoms with Crippen LogP contribution in [0.15, 0.2) is 42.6 Å². The first kappa shape index (κ1) is 18.0. The molecule has 24 heavy (non-hydrogen) atoms. The zero-order chi connectivity index (χ0) is 17.5. The summed E-state index contributed by atoms with van der Waals surface area (Å²) in [4.78, 5) is 16.8. The van der Waals surface area contributed by atoms with E-state index in [4.69, 9.17) is 0 Å². The van der Waals surface area contributed by atoms with Crippen LogP contribution in [-0.4, -0.2) is 17.4 Å². The monoisotopic (exact) mass is 325 g/mol. The molecular weight excluding hydrogens is 298 g/mol. The van der Waals surface area contributed by atoms with Gasteiger partial charge in [-0.25, -0.2) is 4.98 Å². The number of carbonyl (C=O) groups is 1. The highest BCUT2D eigenvalue weighted by atomic mass is 16.1. The van der Waals surface area contributed by atoms with Gasteiger partial charge in [0.05, 0.1) is 5.56 Å². The van der Waals surface area contributed by atoms with Gasteiger partial charge in [-0.3, -0.25) is 4.79 Å². The summed E-state index contributed by atoms with van der Waals surface area (Å²) < 4.78 is 0. The largest absolute Gasteiger partial charge is 0.370 e. The fourth-order valence-corrected chi connectivity index (χ4v) is 2.43. The second kappa shape index (κ2) is 8.48. The summed E-state index contributed by atoms with van der Waals surface area (Å²) in [5, 5.41) is 6.26. The molecule has 0 aliphatic heterocycles. The number of hydrogen-bond donors (Lipinski definition) is 2. The summed E-state index contributed by atoms with van der Waals surface area (Å²) in [6.07, 6.45) is 2.71. The molecule has 4 nitrogen and oxygen atoms in total. The summed E-state index contributed by atoms with van der Waals surface area (Å²) in [7, 11) is 0. The van der Waals surface area contributed by atoms with E-state index in [2.05, 4.69) is 43.3 Å². The predicted molar refractivity (Wildman–Crippen MR) is 101 cm³/mol. The highest BCUT2D eigenvalue weighted by Crippen LogP contribution is 2.24. The lowest BCUT2D eigenvalue weighted by molar-refractivity contribution is 0.102. The van der Waals surface area contributed by atoms with Crippen molar-refractivity contribution in [1.82, 2.24) is 4.98 Å². The van der Waals surface area contributed by atoms with E-state index in [1.807, 2.05) is 30.3 Å². The van der Waals surface area contributed by atoms with Gasteiger partial charge in [-0.2, -0.15) is 0 Å². The third-order valence-corrected chi connectivity index (χ3v) is 3.88. The standard InChI is InChI=1S/C20H27N3O/c1-14(2)11-12-21-19-10-9-16(13-22-19)20(24)23-18-8-6-5-7-17(18)15(3)4/h5-10,13-15H,11-12H2,1-4H3,(H,21,22)(H,23,24). The third-order valence-electron chi connectivity index (χ3n) is 3.88. The van der Waals surface area contributed by atoms with Gasteiger partial charge in [-0.15, -0.1) is 0 Å². The molecule has 2 N–H and O–H groups in total. The fraction of sp³-hybridized carbons (Fsp3) is 0.400. The number of anilines is 2. The van der Waals surface area contributed by atoms with Crippen LogP contribution < -0.4 is 10.6 Å². The Kier molecular flexibility index (Phi) is 6.36. The normalized spacial score (nSPS) is 10.9. The maximum atomic E-state index is 12.4. The minimum atomic E-state index is -0.135. The quantitative estimate of drug-likeness (QED) is 0.760. The SMILES string of the molecule is CC(C)CCNc1ccc(C(=O)Nc2ccccc2C(C)C)cn1. The number of pyridine rings is 1. The molecule has 1 aromatic carbocycles. The molecule has 0 fully saturated rings. The molecule has 2 aromatic rings. The number of hydrogen-bond acceptors (Lipinski definition) is 3. The van der Waals surface area contributed by atoms with E-state index in [1.165, 1.54) is 0 Å². The van der Waals surface area contributed by atoms with Gasteiger partial charge in [-0.05, 0) is 42.0 Å². The number of para-hydroxylation sites is 1. The topological polar surface area (TPSA) is 54.0 Å². The van der Waals surface area contributed by atoms with Crippen LogP contribution >= 0.6 is 0 Å². The summed E-state index contributed by atoms with van der Waals surface area (Å²) in [5.74, 6) is 1.68. The Bertz CT molecular complexity index is 663. The van der Waals surface area contributed by atoms with Gasteiger partial charge in [0.25, 0.3) is 5.91 Å². The average molecular weight is 325 g/mol. The molecule has 0 saturated carbocycles. The van der Waals surface area contributed by atoms with Crippen molar-refractivity contribution in [2.24, 2.45) is 5.92 Å². The first-order chi connectivity index (χ1) is 11.5. The summed E-state index contributed by atoms with van der Waals surface area (Å²) in [6.45, 7) is 9.50. The number of amides is 1. The zero-order valence-corrected chi connectivity index (χ0v) is 15.0. The number of nitrogens with zero attached hydrogens (tertiary/aromatic N) is 1. The lowest BCUT2D eigenvalue weighted by atomic mass is 10.0. The molecule has 0 aliphatic rings. The van der Waals surface area contributed by atoms with Gasteiger partial charge in [0.15, 0.2) is 0 Å². The predicted octanol–water partition coefficient (Wildman–Crippen LogP) is 4.92. The van der Waals surface area contributed by atoms with Crippen LogP contribution in [0.2, 0.25) is 0 Å². The molecule has 0 saturated heterocycles. The summed E-state index contributed by atoms with van der Waals surface area (Å²) >= 11 is 0. The molecule has 0 atom stereocenters. The Hall–Kier alpha value is -2.36. The number of nitrogens with one attached hydrogen (secondary N) is 2. The van der Waals surface area contributed by atoms with Crippen LogP contribution in [0.25, 0.3) is 0 Å². The van der Waals surface area contributed by atoms with Crippen molar-refractivity contribution in [3.8, 4) is 0 Å². The van der Waals surface area contributed by atoms with E-state index >= 15 is 0 Å². The maximum Gasteiger partial charge on any atom is 0.257 e. The van der Waals surface area contributed by atoms with Gasteiger partial charge in [0.1, 0.15) is 5.82 Å². The van der Waals surface area contributed by atoms with E-state index < -0.39 is 0 Å². The maximum absolute atomic E-state index is 12.4. The highest BCUT2D eigenvalue weighted by molar-refractivity contribution is 6.04. The van der Waals surface area contributed by atoms with Crippen LogP contribution in [0.1, 0.15) is 56.0 Å². The molecule has 0 spiro atoms. The number of benzene rings is 1. The minimum Gasteiger partial charge on any atom is -0.370 e. The summed E-state index contributed by atoms with van der Waals surface area (Å²) in [5.41, 5.74) is 2.55. The molecule has 128 valence electrons. The van der Waals surface area contributed by atoms with Crippen molar-refractivity contribution < 1.29 is 4.79 Å². The second-order valence-electron chi connectivity index (χ2n) is 6.74. The van der Waals surface area contributed by atoms with E-state index in [0.717, 1.165) is 30.0 Å². The molecule has 1 heterocycles. The number of rotatable bonds is 7. The van der Waals surface area contributed by atoms with Crippen LogP contribution in [0.3, 0.4) is 0 Å². The molecule has 2 rings (SSSR count). The van der Waals surface area contributed by atoms with Crippen molar-refractivity contribution in [3.05, 3.63) is 53.7 Å². The van der Waals surface area contributed by atoms with E-state index in [1.54, 1.807) is 12.3 Å². The van der Waals surface area contributed by atoms with Crippen molar-refractivity contribution >= 4 is 17.4 Å². The van der Waals surface area contributed by atoms with Crippen LogP contribution in [0.4, 0.5) is 11.5 Å². The molecule has 4 heteroatoms. The molecule has 1 amide bonds. The molecule has 0 bridgehead atoms. The Morgan fingerprint density at radius 2 is 1.83 bits per heavy atom. The Morgan fingerprint density at radius 3 is 2.46 bits per heavy atom. The summed E-state index contributed by atoms with van der Waals surface area (Å²) in [6, 6.07) is 11.6. The van der Waals surface area contributed by atoms with Crippen molar-refractivity contribution in [2.75, 3.05) is 17.2 Å². The minimum absolute atomic E-state index is 0.135. The van der Waals surface area contributed by atoms with Crippen molar-refractivity contribution in [3.63, 3.8) is 0 Å². The Morgan fingerprint density at radius 1 is 1.08 bits per heavy atom. The van der Waals surface area contributed by atoms with E-state index in [0.29, 0.717) is 17.4 Å². The van der Waals surface area contributed by atoms with Gasteiger partial charge in [-0.1, -0.05) is 45.9 Å². The van der Waals surface area contributed by atoms with Crippen LogP contribution in [0.5, 0.6) is 0 Å². The van der Waals surface area contributed by atoms with Gasteiger partial charge in [0, 0.05) is 18.4 Å². The molecule has 1 aromatic heterocycles. The lowest BCUT2D eigenvalue weighted by Crippen LogP contribution is -2.14. The third kappa shape index (κ3) is 5.08. The molecule has 0 radical (unpaired) electrons. The Labute approximate surface area is 144 Å². The first-order valence-corrected chi connectivity index (χ1v) is 8.57. The van der Waals surface area contributed by atoms with Gasteiger partial charge >= 0.3 is 0 Å². The average Bonchev–Trinajstić information content (AvgIpc) is 2.55. The molecule has 0 unspecified atom stereocenters. The number of aromatic nitrogens is 1. The van der Waals surface area contributed by atoms with Crippen molar-refractivity contribution in [2.45, 2.75) is 40.0 Å². The Balaban J connectivity index is 2.00. The van der Waals surface area contributed by atoms with Gasteiger partial charge in [0.2, 0.25) is 0 Å². The van der Waals surface area contributed by atoms with Crippen LogP contribution in [0, 0.1) is 5.92 Å². The highest BCUT2D eigenvalue weighted by Gasteiger charge is 2.11. The smallest absolute Gasteiger partial charge is 0.257 e. The van der Waals surface area contributed by atoms with Crippen molar-refractivity contribution in [1.29, 1.82) is 0 Å².